The van der Waals surface area contributed by atoms with Crippen molar-refractivity contribution in [3.8, 4) is 5.75 Å². The zero-order chi connectivity index (χ0) is 7.40. The molecule has 1 aromatic rings. The van der Waals surface area contributed by atoms with Gasteiger partial charge in [0.25, 0.3) is 0 Å². The van der Waals surface area contributed by atoms with E-state index in [-0.39, 0.29) is 18.9 Å². The predicted molar refractivity (Wildman–Crippen MR) is 43.6 cm³/mol. The van der Waals surface area contributed by atoms with Crippen LogP contribution in [-0.4, -0.2) is 5.11 Å². The van der Waals surface area contributed by atoms with E-state index in [1.54, 1.807) is 12.1 Å². The highest BCUT2D eigenvalue weighted by atomic mass is 16.3. The zero-order valence-electron chi connectivity index (χ0n) is 5.10. The fourth-order valence-corrected chi connectivity index (χ4v) is 0.597. The highest BCUT2D eigenvalue weighted by Gasteiger charge is 1.92. The molecule has 1 aromatic carbocycles. The van der Waals surface area contributed by atoms with Crippen LogP contribution in [0.4, 0.5) is 5.69 Å². The van der Waals surface area contributed by atoms with Gasteiger partial charge in [0.2, 0.25) is 0 Å². The average molecular weight is 151 g/mol. The number of azide groups is 1. The first-order valence-electron chi connectivity index (χ1n) is 2.67. The molecule has 0 aliphatic carbocycles. The first kappa shape index (κ1) is 9.33. The first-order valence-corrected chi connectivity index (χ1v) is 2.67. The Morgan fingerprint density at radius 1 is 1.36 bits per heavy atom. The smallest absolute Gasteiger partial charge is 0.125 e. The molecule has 1 rings (SSSR count). The summed E-state index contributed by atoms with van der Waals surface area (Å²) in [5, 5.41) is 12.2. The first-order chi connectivity index (χ1) is 4.84. The van der Waals surface area contributed by atoms with Gasteiger partial charge < -0.3 is 5.11 Å². The third-order valence-corrected chi connectivity index (χ3v) is 1.03. The van der Waals surface area contributed by atoms with Gasteiger partial charge in [-0.15, -0.1) is 0 Å². The van der Waals surface area contributed by atoms with E-state index in [0.717, 1.165) is 0 Å². The van der Waals surface area contributed by atoms with Crippen molar-refractivity contribution in [2.45, 2.75) is 7.43 Å². The summed E-state index contributed by atoms with van der Waals surface area (Å²) in [6, 6.07) is 6.34. The molecule has 0 saturated carbocycles. The van der Waals surface area contributed by atoms with Gasteiger partial charge in [-0.2, -0.15) is 0 Å². The van der Waals surface area contributed by atoms with E-state index >= 15 is 0 Å². The molecule has 0 unspecified atom stereocenters. The maximum Gasteiger partial charge on any atom is 0.125 e. The van der Waals surface area contributed by atoms with Gasteiger partial charge >= 0.3 is 0 Å². The van der Waals surface area contributed by atoms with E-state index in [0.29, 0.717) is 0 Å². The van der Waals surface area contributed by atoms with E-state index in [1.807, 2.05) is 0 Å². The SMILES string of the molecule is C.[N-]=[N+]=Nc1ccccc1O. The van der Waals surface area contributed by atoms with E-state index < -0.39 is 0 Å². The lowest BCUT2D eigenvalue weighted by atomic mass is 10.3. The van der Waals surface area contributed by atoms with Crippen molar-refractivity contribution in [1.29, 1.82) is 0 Å². The van der Waals surface area contributed by atoms with E-state index in [4.69, 9.17) is 10.6 Å². The molecular weight excluding hydrogens is 142 g/mol. The second-order valence-electron chi connectivity index (χ2n) is 1.68. The van der Waals surface area contributed by atoms with Crippen LogP contribution in [0.3, 0.4) is 0 Å². The third-order valence-electron chi connectivity index (χ3n) is 1.03. The molecular formula is C7H9N3O. The molecule has 0 amide bonds. The lowest BCUT2D eigenvalue weighted by molar-refractivity contribution is 0.477. The normalized spacial score (nSPS) is 7.64. The van der Waals surface area contributed by atoms with Crippen molar-refractivity contribution < 1.29 is 5.11 Å². The maximum atomic E-state index is 8.98. The number of phenols is 1. The molecule has 1 N–H and O–H groups in total. The Labute approximate surface area is 64.7 Å². The Morgan fingerprint density at radius 3 is 2.55 bits per heavy atom. The fourth-order valence-electron chi connectivity index (χ4n) is 0.597. The number of para-hydroxylation sites is 1. The molecule has 0 aliphatic heterocycles. The lowest BCUT2D eigenvalue weighted by Crippen LogP contribution is -1.63. The second-order valence-corrected chi connectivity index (χ2v) is 1.68. The number of aromatic hydroxyl groups is 1. The molecule has 0 bridgehead atoms. The number of phenolic OH excluding ortho intramolecular Hbond substituents is 1. The number of nitrogens with zero attached hydrogens (tertiary/aromatic N) is 3. The number of hydrogen-bond acceptors (Lipinski definition) is 2. The molecule has 58 valence electrons. The molecule has 11 heavy (non-hydrogen) atoms. The van der Waals surface area contributed by atoms with E-state index in [9.17, 15) is 0 Å². The maximum absolute atomic E-state index is 8.98. The minimum absolute atomic E-state index is 0. The van der Waals surface area contributed by atoms with Crippen LogP contribution in [0.5, 0.6) is 5.75 Å². The Balaban J connectivity index is 0.000001000. The summed E-state index contributed by atoms with van der Waals surface area (Å²) in [4.78, 5) is 2.53. The summed E-state index contributed by atoms with van der Waals surface area (Å²) in [7, 11) is 0. The monoisotopic (exact) mass is 151 g/mol. The molecule has 0 aliphatic rings. The minimum Gasteiger partial charge on any atom is -0.507 e. The topological polar surface area (TPSA) is 69.0 Å². The molecule has 0 fully saturated rings. The van der Waals surface area contributed by atoms with Crippen LogP contribution in [0, 0.1) is 0 Å². The van der Waals surface area contributed by atoms with Crippen molar-refractivity contribution in [3.05, 3.63) is 34.7 Å². The molecule has 0 heterocycles. The zero-order valence-corrected chi connectivity index (χ0v) is 5.10. The molecule has 0 aromatic heterocycles. The Hall–Kier alpha value is -1.67. The van der Waals surface area contributed by atoms with Gasteiger partial charge in [-0.1, -0.05) is 24.7 Å². The van der Waals surface area contributed by atoms with E-state index in [2.05, 4.69) is 10.0 Å². The lowest BCUT2D eigenvalue weighted by Gasteiger charge is -1.92. The summed E-state index contributed by atoms with van der Waals surface area (Å²) in [6.45, 7) is 0. The Kier molecular flexibility index (Phi) is 3.56. The summed E-state index contributed by atoms with van der Waals surface area (Å²) in [6.07, 6.45) is 0. The van der Waals surface area contributed by atoms with Gasteiger partial charge in [-0.25, -0.2) is 0 Å². The minimum atomic E-state index is 0. The van der Waals surface area contributed by atoms with Crippen LogP contribution in [0.25, 0.3) is 10.4 Å². The van der Waals surface area contributed by atoms with Crippen molar-refractivity contribution >= 4 is 5.69 Å². The van der Waals surface area contributed by atoms with Gasteiger partial charge in [0.1, 0.15) is 5.75 Å². The molecule has 4 heteroatoms. The predicted octanol–water partition coefficient (Wildman–Crippen LogP) is 2.97. The summed E-state index contributed by atoms with van der Waals surface area (Å²) in [5.41, 5.74) is 8.25. The van der Waals surface area contributed by atoms with Gasteiger partial charge in [-0.3, -0.25) is 0 Å². The molecule has 4 nitrogen and oxygen atoms in total. The largest absolute Gasteiger partial charge is 0.507 e. The average Bonchev–Trinajstić information content (AvgIpc) is 1.94. The fraction of sp³-hybridized carbons (Fsp3) is 0.143. The van der Waals surface area contributed by atoms with Crippen LogP contribution in [0.2, 0.25) is 0 Å². The van der Waals surface area contributed by atoms with Crippen LogP contribution in [-0.2, 0) is 0 Å². The molecule has 0 spiro atoms. The second kappa shape index (κ2) is 4.19. The van der Waals surface area contributed by atoms with Crippen LogP contribution < -0.4 is 0 Å². The number of hydrogen-bond donors (Lipinski definition) is 1. The quantitative estimate of drug-likeness (QED) is 0.374. The van der Waals surface area contributed by atoms with Crippen LogP contribution >= 0.6 is 0 Å². The van der Waals surface area contributed by atoms with Crippen molar-refractivity contribution in [1.82, 2.24) is 0 Å². The van der Waals surface area contributed by atoms with Gasteiger partial charge in [0.05, 0.1) is 5.69 Å². The third kappa shape index (κ3) is 2.20. The van der Waals surface area contributed by atoms with Crippen molar-refractivity contribution in [2.24, 2.45) is 5.11 Å². The summed E-state index contributed by atoms with van der Waals surface area (Å²) in [5.74, 6) is 0.000278. The summed E-state index contributed by atoms with van der Waals surface area (Å²) >= 11 is 0. The Bertz CT molecular complexity index is 279. The molecule has 0 atom stereocenters. The summed E-state index contributed by atoms with van der Waals surface area (Å²) < 4.78 is 0. The van der Waals surface area contributed by atoms with E-state index in [1.165, 1.54) is 12.1 Å². The van der Waals surface area contributed by atoms with Gasteiger partial charge in [-0.05, 0) is 17.7 Å². The highest BCUT2D eigenvalue weighted by molar-refractivity contribution is 5.49. The highest BCUT2D eigenvalue weighted by Crippen LogP contribution is 2.24. The Morgan fingerprint density at radius 2 is 2.00 bits per heavy atom. The van der Waals surface area contributed by atoms with Crippen molar-refractivity contribution in [2.75, 3.05) is 0 Å². The van der Waals surface area contributed by atoms with Crippen molar-refractivity contribution in [3.63, 3.8) is 0 Å². The number of rotatable bonds is 1. The van der Waals surface area contributed by atoms with Crippen LogP contribution in [0.1, 0.15) is 7.43 Å². The number of benzene rings is 1. The van der Waals surface area contributed by atoms with Gasteiger partial charge in [0, 0.05) is 4.91 Å². The van der Waals surface area contributed by atoms with Crippen LogP contribution in [0.15, 0.2) is 29.4 Å². The standard InChI is InChI=1S/C6H5N3O.CH4/c7-9-8-5-3-1-2-4-6(5)10;/h1-4,10H;1H4. The van der Waals surface area contributed by atoms with Gasteiger partial charge in [0.15, 0.2) is 0 Å². The molecule has 0 saturated heterocycles. The molecule has 0 radical (unpaired) electrons.